The van der Waals surface area contributed by atoms with Gasteiger partial charge >= 0.3 is 0 Å². The number of benzene rings is 1. The minimum absolute atomic E-state index is 0.0464. The van der Waals surface area contributed by atoms with E-state index in [9.17, 15) is 0 Å². The first kappa shape index (κ1) is 15.9. The summed E-state index contributed by atoms with van der Waals surface area (Å²) in [6.07, 6.45) is 0.501. The maximum Gasteiger partial charge on any atom is 0.240 e. The van der Waals surface area contributed by atoms with Gasteiger partial charge in [-0.05, 0) is 31.0 Å². The highest BCUT2D eigenvalue weighted by Gasteiger charge is 2.12. The fraction of sp³-hybridized carbons (Fsp3) is 0.267. The Labute approximate surface area is 133 Å². The molecule has 0 aliphatic rings. The Morgan fingerprint density at radius 1 is 1.24 bits per heavy atom. The highest BCUT2D eigenvalue weighted by molar-refractivity contribution is 6.36. The Morgan fingerprint density at radius 3 is 2.71 bits per heavy atom. The number of nitrogens with one attached hydrogen (secondary N) is 1. The Kier molecular flexibility index (Phi) is 5.67. The van der Waals surface area contributed by atoms with Crippen LogP contribution >= 0.6 is 23.2 Å². The molecule has 4 nitrogen and oxygen atoms in total. The molecule has 0 atom stereocenters. The maximum absolute atomic E-state index is 9.09. The van der Waals surface area contributed by atoms with E-state index in [0.29, 0.717) is 34.6 Å². The number of ether oxygens (including phenoxy) is 1. The first-order valence-electron chi connectivity index (χ1n) is 6.62. The number of pyridine rings is 1. The molecule has 0 fully saturated rings. The summed E-state index contributed by atoms with van der Waals surface area (Å²) in [5.74, 6) is 1.42. The van der Waals surface area contributed by atoms with Gasteiger partial charge in [0.2, 0.25) is 5.88 Å². The van der Waals surface area contributed by atoms with Crippen molar-refractivity contribution in [2.24, 2.45) is 0 Å². The summed E-state index contributed by atoms with van der Waals surface area (Å²) in [5, 5.41) is 12.9. The first-order chi connectivity index (χ1) is 10.2. The number of aromatic nitrogens is 1. The van der Waals surface area contributed by atoms with Crippen molar-refractivity contribution in [3.63, 3.8) is 0 Å². The Morgan fingerprint density at radius 2 is 2.00 bits per heavy atom. The molecule has 0 aliphatic heterocycles. The molecule has 112 valence electrons. The minimum Gasteiger partial charge on any atom is -0.437 e. The highest BCUT2D eigenvalue weighted by Crippen LogP contribution is 2.34. The van der Waals surface area contributed by atoms with Crippen LogP contribution in [0.4, 0.5) is 5.82 Å². The van der Waals surface area contributed by atoms with E-state index < -0.39 is 0 Å². The zero-order valence-electron chi connectivity index (χ0n) is 11.6. The molecule has 21 heavy (non-hydrogen) atoms. The largest absolute Gasteiger partial charge is 0.437 e. The van der Waals surface area contributed by atoms with Crippen LogP contribution in [-0.2, 0) is 6.42 Å². The van der Waals surface area contributed by atoms with Gasteiger partial charge in [-0.15, -0.1) is 0 Å². The van der Waals surface area contributed by atoms with E-state index in [2.05, 4.69) is 10.3 Å². The van der Waals surface area contributed by atoms with Gasteiger partial charge in [0.25, 0.3) is 0 Å². The summed E-state index contributed by atoms with van der Waals surface area (Å²) < 4.78 is 5.78. The minimum atomic E-state index is 0.0464. The van der Waals surface area contributed by atoms with Gasteiger partial charge in [0, 0.05) is 13.2 Å². The second kappa shape index (κ2) is 7.50. The van der Waals surface area contributed by atoms with Crippen LogP contribution in [0.15, 0.2) is 30.3 Å². The predicted molar refractivity (Wildman–Crippen MR) is 85.7 cm³/mol. The van der Waals surface area contributed by atoms with Crippen LogP contribution in [0.25, 0.3) is 0 Å². The molecule has 6 heteroatoms. The average molecular weight is 327 g/mol. The molecular formula is C15H16Cl2N2O2. The monoisotopic (exact) mass is 326 g/mol. The van der Waals surface area contributed by atoms with Gasteiger partial charge in [0.05, 0.1) is 5.02 Å². The number of nitrogens with zero attached hydrogens (tertiary/aromatic N) is 1. The van der Waals surface area contributed by atoms with Crippen LogP contribution in [0.5, 0.6) is 11.6 Å². The van der Waals surface area contributed by atoms with Crippen molar-refractivity contribution in [2.75, 3.05) is 18.5 Å². The smallest absolute Gasteiger partial charge is 0.240 e. The van der Waals surface area contributed by atoms with E-state index in [-0.39, 0.29) is 12.5 Å². The van der Waals surface area contributed by atoms with Crippen LogP contribution in [-0.4, -0.2) is 23.2 Å². The molecule has 0 saturated heterocycles. The molecule has 2 aromatic rings. The number of aliphatic hydroxyl groups is 1. The van der Waals surface area contributed by atoms with Crippen molar-refractivity contribution in [3.8, 4) is 11.6 Å². The van der Waals surface area contributed by atoms with Gasteiger partial charge in [0.15, 0.2) is 0 Å². The number of rotatable bonds is 6. The van der Waals surface area contributed by atoms with E-state index in [1.807, 2.05) is 31.2 Å². The van der Waals surface area contributed by atoms with Crippen molar-refractivity contribution in [1.29, 1.82) is 0 Å². The lowest BCUT2D eigenvalue weighted by Crippen LogP contribution is -2.02. The van der Waals surface area contributed by atoms with E-state index in [1.165, 1.54) is 0 Å². The van der Waals surface area contributed by atoms with Crippen LogP contribution in [0.1, 0.15) is 12.5 Å². The van der Waals surface area contributed by atoms with Crippen molar-refractivity contribution in [1.82, 2.24) is 4.98 Å². The van der Waals surface area contributed by atoms with Crippen LogP contribution in [0.3, 0.4) is 0 Å². The maximum atomic E-state index is 9.09. The van der Waals surface area contributed by atoms with E-state index in [0.717, 1.165) is 5.56 Å². The fourth-order valence-electron chi connectivity index (χ4n) is 1.85. The number of hydrogen-bond donors (Lipinski definition) is 2. The lowest BCUT2D eigenvalue weighted by atomic mass is 10.1. The number of halogens is 2. The Bertz CT molecular complexity index is 621. The van der Waals surface area contributed by atoms with Gasteiger partial charge in [-0.2, -0.15) is 4.98 Å². The summed E-state index contributed by atoms with van der Waals surface area (Å²) in [5.41, 5.74) is 0.887. The molecule has 0 unspecified atom stereocenters. The van der Waals surface area contributed by atoms with Gasteiger partial charge in [-0.1, -0.05) is 41.4 Å². The van der Waals surface area contributed by atoms with Crippen molar-refractivity contribution >= 4 is 29.0 Å². The molecule has 1 aromatic carbocycles. The van der Waals surface area contributed by atoms with Crippen LogP contribution in [0.2, 0.25) is 10.0 Å². The predicted octanol–water partition coefficient (Wildman–Crippen LogP) is 4.15. The van der Waals surface area contributed by atoms with Crippen LogP contribution in [0, 0.1) is 0 Å². The molecule has 1 aromatic heterocycles. The van der Waals surface area contributed by atoms with Gasteiger partial charge in [-0.25, -0.2) is 0 Å². The molecule has 2 N–H and O–H groups in total. The summed E-state index contributed by atoms with van der Waals surface area (Å²) >= 11 is 12.2. The van der Waals surface area contributed by atoms with Crippen LogP contribution < -0.4 is 10.1 Å². The second-order valence-electron chi connectivity index (χ2n) is 4.32. The van der Waals surface area contributed by atoms with Crippen molar-refractivity contribution in [2.45, 2.75) is 13.3 Å². The fourth-order valence-corrected chi connectivity index (χ4v) is 2.31. The van der Waals surface area contributed by atoms with Gasteiger partial charge in [0.1, 0.15) is 16.6 Å². The molecule has 2 rings (SSSR count). The van der Waals surface area contributed by atoms with Crippen molar-refractivity contribution < 1.29 is 9.84 Å². The van der Waals surface area contributed by atoms with Crippen molar-refractivity contribution in [3.05, 3.63) is 45.9 Å². The standard InChI is InChI=1S/C15H16Cl2N2O2/c1-2-18-14-11(16)9-12(17)15(19-14)21-13-6-4-3-5-10(13)7-8-20/h3-6,9,20H,2,7-8H2,1H3,(H,18,19). The Balaban J connectivity index is 2.33. The molecule has 0 saturated carbocycles. The summed E-state index contributed by atoms with van der Waals surface area (Å²) in [4.78, 5) is 4.30. The molecule has 0 amide bonds. The molecule has 0 radical (unpaired) electrons. The summed E-state index contributed by atoms with van der Waals surface area (Å²) in [6, 6.07) is 9.03. The lowest BCUT2D eigenvalue weighted by Gasteiger charge is -2.13. The molecule has 0 spiro atoms. The quantitative estimate of drug-likeness (QED) is 0.837. The summed E-state index contributed by atoms with van der Waals surface area (Å²) in [6.45, 7) is 2.68. The third kappa shape index (κ3) is 4.00. The van der Waals surface area contributed by atoms with Gasteiger partial charge in [-0.3, -0.25) is 0 Å². The second-order valence-corrected chi connectivity index (χ2v) is 5.13. The average Bonchev–Trinajstić information content (AvgIpc) is 2.46. The van der Waals surface area contributed by atoms with E-state index in [4.69, 9.17) is 33.0 Å². The third-order valence-corrected chi connectivity index (χ3v) is 3.36. The molecule has 0 bridgehead atoms. The topological polar surface area (TPSA) is 54.4 Å². The molecule has 0 aliphatic carbocycles. The molecule has 1 heterocycles. The highest BCUT2D eigenvalue weighted by atomic mass is 35.5. The normalized spacial score (nSPS) is 10.5. The lowest BCUT2D eigenvalue weighted by molar-refractivity contribution is 0.297. The SMILES string of the molecule is CCNc1nc(Oc2ccccc2CCO)c(Cl)cc1Cl. The number of para-hydroxylation sites is 1. The first-order valence-corrected chi connectivity index (χ1v) is 7.37. The summed E-state index contributed by atoms with van der Waals surface area (Å²) in [7, 11) is 0. The van der Waals surface area contributed by atoms with Gasteiger partial charge < -0.3 is 15.2 Å². The number of aliphatic hydroxyl groups excluding tert-OH is 1. The number of anilines is 1. The zero-order valence-corrected chi connectivity index (χ0v) is 13.1. The Hall–Kier alpha value is -1.49. The molecular weight excluding hydrogens is 311 g/mol. The third-order valence-electron chi connectivity index (χ3n) is 2.80. The van der Waals surface area contributed by atoms with E-state index >= 15 is 0 Å². The number of hydrogen-bond acceptors (Lipinski definition) is 4. The zero-order chi connectivity index (χ0) is 15.2. The van der Waals surface area contributed by atoms with E-state index in [1.54, 1.807) is 6.07 Å².